The lowest BCUT2D eigenvalue weighted by Gasteiger charge is -2.20. The molecular weight excluding hydrogens is 741 g/mol. The molecule has 0 bridgehead atoms. The zero-order valence-corrected chi connectivity index (χ0v) is 37.9. The van der Waals surface area contributed by atoms with Crippen LogP contribution >= 0.6 is 7.82 Å². The van der Waals surface area contributed by atoms with Gasteiger partial charge in [-0.3, -0.25) is 18.6 Å². The van der Waals surface area contributed by atoms with Crippen molar-refractivity contribution >= 4 is 19.8 Å². The van der Waals surface area contributed by atoms with Gasteiger partial charge < -0.3 is 25.2 Å². The van der Waals surface area contributed by atoms with Gasteiger partial charge in [0.1, 0.15) is 12.1 Å². The molecule has 0 aromatic carbocycles. The van der Waals surface area contributed by atoms with Crippen molar-refractivity contribution in [2.45, 2.75) is 244 Å². The van der Waals surface area contributed by atoms with E-state index in [-0.39, 0.29) is 13.0 Å². The van der Waals surface area contributed by atoms with Crippen LogP contribution in [0.3, 0.4) is 0 Å². The van der Waals surface area contributed by atoms with Crippen molar-refractivity contribution in [2.75, 3.05) is 26.4 Å². The Bertz CT molecular complexity index is 966. The van der Waals surface area contributed by atoms with E-state index in [1.807, 2.05) is 0 Å². The quantitative estimate of drug-likeness (QED) is 0.0234. The number of phosphoric acid groups is 1. The molecule has 0 saturated heterocycles. The zero-order chi connectivity index (χ0) is 41.9. The van der Waals surface area contributed by atoms with Gasteiger partial charge in [-0.15, -0.1) is 0 Å². The molecule has 10 nitrogen and oxygen atoms in total. The lowest BCUT2D eigenvalue weighted by atomic mass is 10.0. The fourth-order valence-corrected chi connectivity index (χ4v) is 7.61. The molecule has 3 unspecified atom stereocenters. The van der Waals surface area contributed by atoms with Crippen LogP contribution < -0.4 is 5.73 Å². The number of carbonyl (C=O) groups excluding carboxylic acids is 1. The minimum Gasteiger partial charge on any atom is -0.480 e. The molecule has 338 valence electrons. The highest BCUT2D eigenvalue weighted by Crippen LogP contribution is 2.43. The number of rotatable bonds is 46. The second kappa shape index (κ2) is 42.8. The highest BCUT2D eigenvalue weighted by atomic mass is 31.2. The number of ether oxygens (including phenoxy) is 2. The van der Waals surface area contributed by atoms with Gasteiger partial charge in [-0.1, -0.05) is 199 Å². The van der Waals surface area contributed by atoms with Crippen LogP contribution in [0.2, 0.25) is 0 Å². The third-order valence-corrected chi connectivity index (χ3v) is 11.5. The van der Waals surface area contributed by atoms with Crippen molar-refractivity contribution in [3.8, 4) is 0 Å². The normalized spacial score (nSPS) is 13.9. The van der Waals surface area contributed by atoms with Gasteiger partial charge in [-0.05, 0) is 38.5 Å². The molecule has 0 aromatic rings. The van der Waals surface area contributed by atoms with Crippen molar-refractivity contribution in [3.05, 3.63) is 12.2 Å². The van der Waals surface area contributed by atoms with Gasteiger partial charge in [0.2, 0.25) is 0 Å². The fourth-order valence-electron chi connectivity index (χ4n) is 6.84. The summed E-state index contributed by atoms with van der Waals surface area (Å²) in [6, 6.07) is -1.47. The SMILES string of the molecule is CCCCC/C=C\CCCCCCCCOCC(COP(=O)(O)OCC(N)C(=O)O)OC(=O)CCCCCCCCCCCCCCCCCCCCCCCC. The van der Waals surface area contributed by atoms with E-state index < -0.39 is 45.1 Å². The number of carboxylic acid groups (broad SMARTS) is 1. The number of carbonyl (C=O) groups is 2. The first kappa shape index (κ1) is 55.7. The predicted octanol–water partition coefficient (Wildman–Crippen LogP) is 13.3. The van der Waals surface area contributed by atoms with Crippen LogP contribution in [0.5, 0.6) is 0 Å². The molecule has 0 heterocycles. The third-order valence-electron chi connectivity index (χ3n) is 10.5. The first-order chi connectivity index (χ1) is 27.7. The van der Waals surface area contributed by atoms with Gasteiger partial charge in [0.25, 0.3) is 0 Å². The maximum Gasteiger partial charge on any atom is 0.472 e. The monoisotopic (exact) mass is 832 g/mol. The topological polar surface area (TPSA) is 155 Å². The molecule has 0 aromatic heterocycles. The van der Waals surface area contributed by atoms with Gasteiger partial charge in [0.05, 0.1) is 19.8 Å². The van der Waals surface area contributed by atoms with Crippen LogP contribution in [0.4, 0.5) is 0 Å². The first-order valence-corrected chi connectivity index (χ1v) is 25.2. The average molecular weight is 832 g/mol. The number of hydrogen-bond donors (Lipinski definition) is 3. The van der Waals surface area contributed by atoms with Crippen LogP contribution in [-0.2, 0) is 32.7 Å². The number of aliphatic carboxylic acids is 1. The number of esters is 1. The van der Waals surface area contributed by atoms with E-state index in [1.54, 1.807) is 0 Å². The highest BCUT2D eigenvalue weighted by Gasteiger charge is 2.27. The molecule has 0 fully saturated rings. The molecule has 0 aliphatic rings. The van der Waals surface area contributed by atoms with Crippen molar-refractivity contribution in [2.24, 2.45) is 5.73 Å². The molecule has 0 amide bonds. The molecule has 0 spiro atoms. The summed E-state index contributed by atoms with van der Waals surface area (Å²) in [7, 11) is -4.61. The number of unbranched alkanes of at least 4 members (excludes halogenated alkanes) is 30. The van der Waals surface area contributed by atoms with Crippen LogP contribution in [0.25, 0.3) is 0 Å². The first-order valence-electron chi connectivity index (χ1n) is 23.7. The number of nitrogens with two attached hydrogens (primary N) is 1. The Morgan fingerprint density at radius 2 is 0.912 bits per heavy atom. The second-order valence-corrected chi connectivity index (χ2v) is 17.7. The zero-order valence-electron chi connectivity index (χ0n) is 37.0. The van der Waals surface area contributed by atoms with E-state index in [0.29, 0.717) is 6.61 Å². The molecule has 0 saturated carbocycles. The van der Waals surface area contributed by atoms with E-state index >= 15 is 0 Å². The van der Waals surface area contributed by atoms with Gasteiger partial charge in [0, 0.05) is 13.0 Å². The summed E-state index contributed by atoms with van der Waals surface area (Å²) in [4.78, 5) is 33.6. The van der Waals surface area contributed by atoms with Crippen LogP contribution in [0.15, 0.2) is 12.2 Å². The summed E-state index contributed by atoms with van der Waals surface area (Å²) in [6.07, 6.45) is 45.5. The molecule has 0 rings (SSSR count). The minimum atomic E-state index is -4.61. The van der Waals surface area contributed by atoms with Crippen molar-refractivity contribution < 1.29 is 42.7 Å². The lowest BCUT2D eigenvalue weighted by Crippen LogP contribution is -2.34. The molecule has 3 atom stereocenters. The van der Waals surface area contributed by atoms with Gasteiger partial charge in [-0.25, -0.2) is 4.57 Å². The lowest BCUT2D eigenvalue weighted by molar-refractivity contribution is -0.154. The molecule has 57 heavy (non-hydrogen) atoms. The Kier molecular flexibility index (Phi) is 41.9. The summed E-state index contributed by atoms with van der Waals surface area (Å²) < 4.78 is 33.4. The Morgan fingerprint density at radius 1 is 0.544 bits per heavy atom. The summed E-state index contributed by atoms with van der Waals surface area (Å²) in [5.41, 5.74) is 5.36. The van der Waals surface area contributed by atoms with Gasteiger partial charge >= 0.3 is 19.8 Å². The van der Waals surface area contributed by atoms with E-state index in [0.717, 1.165) is 44.9 Å². The largest absolute Gasteiger partial charge is 0.480 e. The van der Waals surface area contributed by atoms with Gasteiger partial charge in [0.15, 0.2) is 0 Å². The van der Waals surface area contributed by atoms with Crippen molar-refractivity contribution in [1.82, 2.24) is 0 Å². The third kappa shape index (κ3) is 42.6. The number of allylic oxidation sites excluding steroid dienone is 2. The Balaban J connectivity index is 4.09. The van der Waals surface area contributed by atoms with E-state index in [2.05, 4.69) is 26.0 Å². The second-order valence-electron chi connectivity index (χ2n) is 16.2. The van der Waals surface area contributed by atoms with Crippen molar-refractivity contribution in [1.29, 1.82) is 0 Å². The molecule has 0 aliphatic carbocycles. The van der Waals surface area contributed by atoms with Crippen LogP contribution in [0, 0.1) is 0 Å². The summed E-state index contributed by atoms with van der Waals surface area (Å²) in [5.74, 6) is -1.77. The number of phosphoric ester groups is 1. The minimum absolute atomic E-state index is 0.0182. The maximum atomic E-state index is 12.7. The molecule has 11 heteroatoms. The average Bonchev–Trinajstić information content (AvgIpc) is 3.19. The molecular formula is C46H90NO9P. The predicted molar refractivity (Wildman–Crippen MR) is 236 cm³/mol. The standard InChI is InChI=1S/C46H90NO9P/c1-3-5-7-9-11-13-15-17-18-19-20-21-22-23-24-25-26-28-30-32-34-36-38-45(48)56-43(41-54-57(51,52)55-42-44(47)46(49)50)40-53-39-37-35-33-31-29-27-16-14-12-10-8-6-4-2/h12,14,43-44H,3-11,13,15-42,47H2,1-2H3,(H,49,50)(H,51,52)/b14-12-. The van der Waals surface area contributed by atoms with E-state index in [1.165, 1.54) is 167 Å². The maximum absolute atomic E-state index is 12.7. The highest BCUT2D eigenvalue weighted by molar-refractivity contribution is 7.47. The van der Waals surface area contributed by atoms with E-state index in [9.17, 15) is 19.0 Å². The smallest absolute Gasteiger partial charge is 0.472 e. The molecule has 0 radical (unpaired) electrons. The van der Waals surface area contributed by atoms with Crippen LogP contribution in [-0.4, -0.2) is 60.5 Å². The fraction of sp³-hybridized carbons (Fsp3) is 0.913. The number of carboxylic acids is 1. The summed E-state index contributed by atoms with van der Waals surface area (Å²) in [5, 5.41) is 8.90. The summed E-state index contributed by atoms with van der Waals surface area (Å²) >= 11 is 0. The Labute approximate surface area is 350 Å². The number of hydrogen-bond acceptors (Lipinski definition) is 8. The Hall–Kier alpha value is -1.29. The molecule has 0 aliphatic heterocycles. The Morgan fingerprint density at radius 3 is 1.37 bits per heavy atom. The van der Waals surface area contributed by atoms with E-state index in [4.69, 9.17) is 29.4 Å². The van der Waals surface area contributed by atoms with Crippen molar-refractivity contribution in [3.63, 3.8) is 0 Å². The molecule has 4 N–H and O–H groups in total. The summed E-state index contributed by atoms with van der Waals surface area (Å²) in [6.45, 7) is 3.89. The van der Waals surface area contributed by atoms with Crippen LogP contribution in [0.1, 0.15) is 232 Å². The van der Waals surface area contributed by atoms with Gasteiger partial charge in [-0.2, -0.15) is 0 Å².